The van der Waals surface area contributed by atoms with Crippen molar-refractivity contribution in [3.8, 4) is 6.07 Å². The van der Waals surface area contributed by atoms with E-state index in [0.29, 0.717) is 6.42 Å². The Balaban J connectivity index is 2.86. The van der Waals surface area contributed by atoms with E-state index in [4.69, 9.17) is 5.26 Å². The van der Waals surface area contributed by atoms with Crippen LogP contribution in [0.5, 0.6) is 0 Å². The van der Waals surface area contributed by atoms with Crippen LogP contribution >= 0.6 is 0 Å². The Labute approximate surface area is 72.7 Å². The third-order valence-electron chi connectivity index (χ3n) is 1.67. The lowest BCUT2D eigenvalue weighted by Gasteiger charge is -2.19. The zero-order chi connectivity index (χ0) is 9.19. The van der Waals surface area contributed by atoms with Crippen LogP contribution in [0.15, 0.2) is 12.5 Å². The first kappa shape index (κ1) is 8.79. The van der Waals surface area contributed by atoms with Crippen molar-refractivity contribution in [2.45, 2.75) is 32.7 Å². The minimum absolute atomic E-state index is 0.0563. The van der Waals surface area contributed by atoms with Crippen molar-refractivity contribution < 1.29 is 0 Å². The molecular formula is C9H13N3. The lowest BCUT2D eigenvalue weighted by molar-refractivity contribution is 0.396. The first-order chi connectivity index (χ1) is 5.54. The second-order valence-electron chi connectivity index (χ2n) is 3.78. The molecule has 0 aliphatic heterocycles. The van der Waals surface area contributed by atoms with E-state index in [1.165, 1.54) is 0 Å². The topological polar surface area (TPSA) is 41.6 Å². The van der Waals surface area contributed by atoms with E-state index in [1.54, 1.807) is 6.33 Å². The number of rotatable bonds is 1. The molecule has 0 aliphatic carbocycles. The van der Waals surface area contributed by atoms with E-state index in [-0.39, 0.29) is 5.54 Å². The van der Waals surface area contributed by atoms with Crippen molar-refractivity contribution >= 4 is 0 Å². The summed E-state index contributed by atoms with van der Waals surface area (Å²) < 4.78 is 2.01. The molecule has 0 bridgehead atoms. The Morgan fingerprint density at radius 3 is 2.67 bits per heavy atom. The van der Waals surface area contributed by atoms with Gasteiger partial charge in [-0.1, -0.05) is 0 Å². The van der Waals surface area contributed by atoms with Gasteiger partial charge in [-0.2, -0.15) is 5.26 Å². The number of imidazole rings is 1. The van der Waals surface area contributed by atoms with Gasteiger partial charge in [-0.3, -0.25) is 0 Å². The molecule has 0 amide bonds. The second-order valence-corrected chi connectivity index (χ2v) is 3.78. The van der Waals surface area contributed by atoms with Crippen LogP contribution in [0.25, 0.3) is 0 Å². The fraction of sp³-hybridized carbons (Fsp3) is 0.556. The summed E-state index contributed by atoms with van der Waals surface area (Å²) in [5.41, 5.74) is 0.896. The third kappa shape index (κ3) is 1.85. The molecule has 1 heterocycles. The summed E-state index contributed by atoms with van der Waals surface area (Å²) in [5.74, 6) is 0. The van der Waals surface area contributed by atoms with Crippen molar-refractivity contribution in [2.24, 2.45) is 0 Å². The van der Waals surface area contributed by atoms with E-state index in [0.717, 1.165) is 5.69 Å². The maximum absolute atomic E-state index is 8.43. The van der Waals surface area contributed by atoms with Gasteiger partial charge < -0.3 is 4.57 Å². The zero-order valence-corrected chi connectivity index (χ0v) is 7.70. The molecule has 0 saturated heterocycles. The highest BCUT2D eigenvalue weighted by Gasteiger charge is 2.12. The molecule has 1 aromatic heterocycles. The molecule has 0 spiro atoms. The smallest absolute Gasteiger partial charge is 0.0954 e. The van der Waals surface area contributed by atoms with Crippen molar-refractivity contribution in [1.29, 1.82) is 5.26 Å². The highest BCUT2D eigenvalue weighted by Crippen LogP contribution is 2.13. The van der Waals surface area contributed by atoms with E-state index in [9.17, 15) is 0 Å². The molecule has 0 unspecified atom stereocenters. The van der Waals surface area contributed by atoms with Gasteiger partial charge in [0.25, 0.3) is 0 Å². The van der Waals surface area contributed by atoms with Gasteiger partial charge in [0.1, 0.15) is 0 Å². The van der Waals surface area contributed by atoms with Crippen LogP contribution in [0.4, 0.5) is 0 Å². The predicted octanol–water partition coefficient (Wildman–Crippen LogP) is 1.70. The summed E-state index contributed by atoms with van der Waals surface area (Å²) in [6.45, 7) is 6.31. The van der Waals surface area contributed by atoms with Gasteiger partial charge in [0.2, 0.25) is 0 Å². The average molecular weight is 163 g/mol. The first-order valence-electron chi connectivity index (χ1n) is 3.94. The number of hydrogen-bond acceptors (Lipinski definition) is 2. The normalized spacial score (nSPS) is 11.2. The molecule has 1 rings (SSSR count). The van der Waals surface area contributed by atoms with Crippen molar-refractivity contribution in [3.63, 3.8) is 0 Å². The van der Waals surface area contributed by atoms with Gasteiger partial charge in [0.15, 0.2) is 0 Å². The summed E-state index contributed by atoms with van der Waals surface area (Å²) in [7, 11) is 0. The van der Waals surface area contributed by atoms with Crippen molar-refractivity contribution in [1.82, 2.24) is 9.55 Å². The molecular weight excluding hydrogens is 150 g/mol. The molecule has 12 heavy (non-hydrogen) atoms. The third-order valence-corrected chi connectivity index (χ3v) is 1.67. The number of nitriles is 1. The van der Waals surface area contributed by atoms with Crippen LogP contribution < -0.4 is 0 Å². The fourth-order valence-corrected chi connectivity index (χ4v) is 0.903. The van der Waals surface area contributed by atoms with Crippen LogP contribution in [-0.2, 0) is 12.0 Å². The predicted molar refractivity (Wildman–Crippen MR) is 46.5 cm³/mol. The highest BCUT2D eigenvalue weighted by molar-refractivity contribution is 5.04. The Hall–Kier alpha value is -1.30. The summed E-state index contributed by atoms with van der Waals surface area (Å²) in [6.07, 6.45) is 4.08. The lowest BCUT2D eigenvalue weighted by atomic mass is 10.1. The molecule has 3 heteroatoms. The van der Waals surface area contributed by atoms with Gasteiger partial charge in [0.05, 0.1) is 24.5 Å². The minimum atomic E-state index is 0.0563. The summed E-state index contributed by atoms with van der Waals surface area (Å²) in [5, 5.41) is 8.43. The van der Waals surface area contributed by atoms with Crippen LogP contribution in [0, 0.1) is 11.3 Å². The van der Waals surface area contributed by atoms with Crippen molar-refractivity contribution in [3.05, 3.63) is 18.2 Å². The average Bonchev–Trinajstić information content (AvgIpc) is 2.35. The molecule has 0 atom stereocenters. The molecule has 0 fully saturated rings. The van der Waals surface area contributed by atoms with E-state index in [1.807, 2.05) is 10.8 Å². The van der Waals surface area contributed by atoms with Crippen molar-refractivity contribution in [2.75, 3.05) is 0 Å². The Morgan fingerprint density at radius 1 is 1.58 bits per heavy atom. The second kappa shape index (κ2) is 2.98. The maximum atomic E-state index is 8.43. The van der Waals surface area contributed by atoms with Gasteiger partial charge in [0, 0.05) is 11.7 Å². The molecule has 0 aromatic carbocycles. The van der Waals surface area contributed by atoms with E-state index >= 15 is 0 Å². The molecule has 0 saturated carbocycles. The van der Waals surface area contributed by atoms with E-state index in [2.05, 4.69) is 31.8 Å². The number of hydrogen-bond donors (Lipinski definition) is 0. The monoisotopic (exact) mass is 163 g/mol. The van der Waals surface area contributed by atoms with Gasteiger partial charge in [-0.05, 0) is 20.8 Å². The van der Waals surface area contributed by atoms with Gasteiger partial charge in [-0.15, -0.1) is 0 Å². The number of aromatic nitrogens is 2. The molecule has 0 aliphatic rings. The largest absolute Gasteiger partial charge is 0.332 e. The molecule has 64 valence electrons. The summed E-state index contributed by atoms with van der Waals surface area (Å²) in [4.78, 5) is 4.11. The zero-order valence-electron chi connectivity index (χ0n) is 7.70. The quantitative estimate of drug-likeness (QED) is 0.632. The Kier molecular flexibility index (Phi) is 2.18. The van der Waals surface area contributed by atoms with Crippen LogP contribution in [0.2, 0.25) is 0 Å². The summed E-state index contributed by atoms with van der Waals surface area (Å²) in [6, 6.07) is 2.07. The van der Waals surface area contributed by atoms with Crippen LogP contribution in [0.3, 0.4) is 0 Å². The molecule has 3 nitrogen and oxygen atoms in total. The minimum Gasteiger partial charge on any atom is -0.332 e. The van der Waals surface area contributed by atoms with Crippen LogP contribution in [0.1, 0.15) is 26.5 Å². The van der Waals surface area contributed by atoms with Gasteiger partial charge in [-0.25, -0.2) is 4.98 Å². The molecule has 1 aromatic rings. The van der Waals surface area contributed by atoms with Crippen LogP contribution in [-0.4, -0.2) is 9.55 Å². The maximum Gasteiger partial charge on any atom is 0.0954 e. The molecule has 0 radical (unpaired) electrons. The Bertz CT molecular complexity index is 298. The standard InChI is InChI=1S/C9H13N3/c1-9(2,3)12-6-8(4-5-10)11-7-12/h6-7H,4H2,1-3H3. The van der Waals surface area contributed by atoms with E-state index < -0.39 is 0 Å². The lowest BCUT2D eigenvalue weighted by Crippen LogP contribution is -2.19. The summed E-state index contributed by atoms with van der Waals surface area (Å²) >= 11 is 0. The number of nitrogens with zero attached hydrogens (tertiary/aromatic N) is 3. The highest BCUT2D eigenvalue weighted by atomic mass is 15.1. The fourth-order valence-electron chi connectivity index (χ4n) is 0.903. The van der Waals surface area contributed by atoms with Gasteiger partial charge >= 0.3 is 0 Å². The molecule has 0 N–H and O–H groups in total. The Morgan fingerprint density at radius 2 is 2.25 bits per heavy atom. The SMILES string of the molecule is CC(C)(C)n1cnc(CC#N)c1. The first-order valence-corrected chi connectivity index (χ1v) is 3.94.